The van der Waals surface area contributed by atoms with Crippen molar-refractivity contribution in [3.63, 3.8) is 0 Å². The Labute approximate surface area is 153 Å². The predicted octanol–water partition coefficient (Wildman–Crippen LogP) is 4.68. The zero-order chi connectivity index (χ0) is 18.1. The predicted molar refractivity (Wildman–Crippen MR) is 102 cm³/mol. The molecule has 0 saturated carbocycles. The third-order valence-corrected chi connectivity index (χ3v) is 3.97. The number of nitrogens with zero attached hydrogens (tertiary/aromatic N) is 1. The normalized spacial score (nSPS) is 10.8. The van der Waals surface area contributed by atoms with Crippen molar-refractivity contribution in [2.45, 2.75) is 33.1 Å². The van der Waals surface area contributed by atoms with Crippen molar-refractivity contribution in [1.82, 2.24) is 4.98 Å². The van der Waals surface area contributed by atoms with E-state index in [1.54, 1.807) is 19.2 Å². The first-order chi connectivity index (χ1) is 12.2. The molecule has 25 heavy (non-hydrogen) atoms. The Kier molecular flexibility index (Phi) is 7.95. The van der Waals surface area contributed by atoms with E-state index < -0.39 is 5.97 Å². The van der Waals surface area contributed by atoms with Gasteiger partial charge in [-0.15, -0.1) is 0 Å². The molecule has 0 fully saturated rings. The number of esters is 1. The van der Waals surface area contributed by atoms with Gasteiger partial charge in [0.2, 0.25) is 0 Å². The summed E-state index contributed by atoms with van der Waals surface area (Å²) < 4.78 is 10.7. The molecule has 1 aromatic carbocycles. The van der Waals surface area contributed by atoms with Crippen LogP contribution in [0.3, 0.4) is 0 Å². The van der Waals surface area contributed by atoms with Gasteiger partial charge in [-0.2, -0.15) is 0 Å². The molecule has 0 radical (unpaired) electrons. The Bertz CT molecular complexity index is 706. The highest BCUT2D eigenvalue weighted by Crippen LogP contribution is 2.29. The molecule has 1 heterocycles. The highest BCUT2D eigenvalue weighted by molar-refractivity contribution is 6.31. The molecule has 0 saturated heterocycles. The molecule has 136 valence electrons. The van der Waals surface area contributed by atoms with Crippen molar-refractivity contribution in [3.8, 4) is 0 Å². The minimum absolute atomic E-state index is 0.317. The molecule has 2 aromatic rings. The smallest absolute Gasteiger partial charge is 0.341 e. The lowest BCUT2D eigenvalue weighted by molar-refractivity contribution is 0.0527. The maximum atomic E-state index is 12.2. The molecule has 0 aliphatic heterocycles. The largest absolute Gasteiger partial charge is 0.462 e. The molecule has 0 spiro atoms. The Morgan fingerprint density at radius 2 is 2.04 bits per heavy atom. The minimum Gasteiger partial charge on any atom is -0.462 e. The first-order valence-electron chi connectivity index (χ1n) is 8.74. The molecule has 0 unspecified atom stereocenters. The molecule has 2 rings (SSSR count). The van der Waals surface area contributed by atoms with Gasteiger partial charge in [0.05, 0.1) is 17.8 Å². The van der Waals surface area contributed by atoms with Crippen LogP contribution in [-0.2, 0) is 9.47 Å². The fraction of sp³-hybridized carbons (Fsp3) is 0.474. The van der Waals surface area contributed by atoms with Gasteiger partial charge in [0.1, 0.15) is 5.56 Å². The van der Waals surface area contributed by atoms with Gasteiger partial charge in [0, 0.05) is 36.4 Å². The van der Waals surface area contributed by atoms with E-state index in [1.807, 2.05) is 12.1 Å². The van der Waals surface area contributed by atoms with Gasteiger partial charge < -0.3 is 14.8 Å². The van der Waals surface area contributed by atoms with E-state index in [1.165, 1.54) is 0 Å². The van der Waals surface area contributed by atoms with E-state index >= 15 is 0 Å². The maximum absolute atomic E-state index is 12.2. The third-order valence-electron chi connectivity index (χ3n) is 3.73. The van der Waals surface area contributed by atoms with E-state index in [0.717, 1.165) is 36.8 Å². The van der Waals surface area contributed by atoms with Crippen molar-refractivity contribution in [2.75, 3.05) is 31.7 Å². The summed E-state index contributed by atoms with van der Waals surface area (Å²) in [6, 6.07) is 5.44. The molecule has 0 amide bonds. The topological polar surface area (TPSA) is 60.5 Å². The number of unbranched alkanes of at least 4 members (excludes halogenated alkanes) is 1. The molecule has 1 N–H and O–H groups in total. The summed E-state index contributed by atoms with van der Waals surface area (Å²) in [7, 11) is 0. The van der Waals surface area contributed by atoms with E-state index in [4.69, 9.17) is 21.1 Å². The van der Waals surface area contributed by atoms with Crippen LogP contribution in [0.15, 0.2) is 24.4 Å². The number of rotatable bonds is 10. The van der Waals surface area contributed by atoms with E-state index in [2.05, 4.69) is 17.2 Å². The Morgan fingerprint density at radius 3 is 2.80 bits per heavy atom. The van der Waals surface area contributed by atoms with Crippen molar-refractivity contribution < 1.29 is 14.3 Å². The van der Waals surface area contributed by atoms with Gasteiger partial charge in [0.15, 0.2) is 0 Å². The van der Waals surface area contributed by atoms with E-state index in [0.29, 0.717) is 36.0 Å². The number of nitrogens with one attached hydrogen (secondary N) is 1. The van der Waals surface area contributed by atoms with Crippen molar-refractivity contribution >= 4 is 34.2 Å². The second-order valence-electron chi connectivity index (χ2n) is 5.68. The summed E-state index contributed by atoms with van der Waals surface area (Å²) in [5.74, 6) is -0.390. The SMILES string of the molecule is CCCCOCCCNc1c(C(=O)OCC)cnc2ccc(Cl)cc12. The second-order valence-corrected chi connectivity index (χ2v) is 6.11. The average Bonchev–Trinajstić information content (AvgIpc) is 2.61. The lowest BCUT2D eigenvalue weighted by Gasteiger charge is -2.14. The lowest BCUT2D eigenvalue weighted by Crippen LogP contribution is -2.13. The standard InChI is InChI=1S/C19H25ClN2O3/c1-3-5-10-24-11-6-9-21-18-15-12-14(20)7-8-17(15)22-13-16(18)19(23)25-4-2/h7-8,12-13H,3-6,9-11H2,1-2H3,(H,21,22). The number of carbonyl (C=O) groups is 1. The molecule has 0 atom stereocenters. The van der Waals surface area contributed by atoms with Crippen molar-refractivity contribution in [3.05, 3.63) is 35.0 Å². The number of anilines is 1. The van der Waals surface area contributed by atoms with Crippen LogP contribution in [0, 0.1) is 0 Å². The number of halogens is 1. The van der Waals surface area contributed by atoms with Crippen molar-refractivity contribution in [1.29, 1.82) is 0 Å². The number of pyridine rings is 1. The van der Waals surface area contributed by atoms with Gasteiger partial charge in [-0.05, 0) is 38.0 Å². The number of hydrogen-bond acceptors (Lipinski definition) is 5. The summed E-state index contributed by atoms with van der Waals surface area (Å²) in [4.78, 5) is 16.6. The van der Waals surface area contributed by atoms with E-state index in [9.17, 15) is 4.79 Å². The Morgan fingerprint density at radius 1 is 1.24 bits per heavy atom. The van der Waals surface area contributed by atoms with Crippen molar-refractivity contribution in [2.24, 2.45) is 0 Å². The van der Waals surface area contributed by atoms with Gasteiger partial charge in [-0.25, -0.2) is 4.79 Å². The first-order valence-corrected chi connectivity index (χ1v) is 9.12. The summed E-state index contributed by atoms with van der Waals surface area (Å²) >= 11 is 6.12. The molecule has 5 nitrogen and oxygen atoms in total. The van der Waals surface area contributed by atoms with Gasteiger partial charge >= 0.3 is 5.97 Å². The van der Waals surface area contributed by atoms with Crippen LogP contribution >= 0.6 is 11.6 Å². The van der Waals surface area contributed by atoms with Crippen LogP contribution in [-0.4, -0.2) is 37.3 Å². The number of ether oxygens (including phenoxy) is 2. The van der Waals surface area contributed by atoms with Gasteiger partial charge in [0.25, 0.3) is 0 Å². The van der Waals surface area contributed by atoms with Crippen LogP contribution in [0.1, 0.15) is 43.5 Å². The Balaban J connectivity index is 2.14. The average molecular weight is 365 g/mol. The zero-order valence-corrected chi connectivity index (χ0v) is 15.6. The summed E-state index contributed by atoms with van der Waals surface area (Å²) in [5.41, 5.74) is 1.90. The second kappa shape index (κ2) is 10.2. The zero-order valence-electron chi connectivity index (χ0n) is 14.8. The number of hydrogen-bond donors (Lipinski definition) is 1. The monoisotopic (exact) mass is 364 g/mol. The first kappa shape index (κ1) is 19.5. The quantitative estimate of drug-likeness (QED) is 0.489. The van der Waals surface area contributed by atoms with Gasteiger partial charge in [-0.1, -0.05) is 24.9 Å². The number of aromatic nitrogens is 1. The van der Waals surface area contributed by atoms with Crippen LogP contribution in [0.2, 0.25) is 5.02 Å². The summed E-state index contributed by atoms with van der Waals surface area (Å²) in [6.07, 6.45) is 4.60. The van der Waals surface area contributed by atoms with Crippen LogP contribution in [0.25, 0.3) is 10.9 Å². The highest BCUT2D eigenvalue weighted by atomic mass is 35.5. The molecular weight excluding hydrogens is 340 g/mol. The van der Waals surface area contributed by atoms with E-state index in [-0.39, 0.29) is 0 Å². The third kappa shape index (κ3) is 5.58. The molecule has 0 bridgehead atoms. The highest BCUT2D eigenvalue weighted by Gasteiger charge is 2.16. The number of carbonyl (C=O) groups excluding carboxylic acids is 1. The molecule has 0 aliphatic rings. The van der Waals surface area contributed by atoms with Crippen LogP contribution in [0.5, 0.6) is 0 Å². The molecule has 0 aliphatic carbocycles. The van der Waals surface area contributed by atoms with Crippen LogP contribution < -0.4 is 5.32 Å². The van der Waals surface area contributed by atoms with Crippen LogP contribution in [0.4, 0.5) is 5.69 Å². The Hall–Kier alpha value is -1.85. The summed E-state index contributed by atoms with van der Waals surface area (Å²) in [6.45, 7) is 6.40. The maximum Gasteiger partial charge on any atom is 0.341 e. The molecule has 6 heteroatoms. The summed E-state index contributed by atoms with van der Waals surface area (Å²) in [5, 5.41) is 4.74. The molecule has 1 aromatic heterocycles. The van der Waals surface area contributed by atoms with Gasteiger partial charge in [-0.3, -0.25) is 4.98 Å². The number of benzene rings is 1. The number of fused-ring (bicyclic) bond motifs is 1. The lowest BCUT2D eigenvalue weighted by atomic mass is 10.1. The molecular formula is C19H25ClN2O3. The minimum atomic E-state index is -0.390. The fourth-order valence-corrected chi connectivity index (χ4v) is 2.63. The fourth-order valence-electron chi connectivity index (χ4n) is 2.45.